The number of halogens is 4. The molecule has 0 bridgehead atoms. The van der Waals surface area contributed by atoms with Crippen molar-refractivity contribution in [2.75, 3.05) is 49.7 Å². The first kappa shape index (κ1) is 18.3. The number of alkyl halides is 4. The quantitative estimate of drug-likeness (QED) is 0.449. The maximum absolute atomic E-state index is 12.2. The average Bonchev–Trinajstić information content (AvgIpc) is 2.28. The zero-order valence-corrected chi connectivity index (χ0v) is 13.2. The van der Waals surface area contributed by atoms with Crippen LogP contribution in [0.25, 0.3) is 0 Å². The van der Waals surface area contributed by atoms with E-state index in [-0.39, 0.29) is 49.7 Å². The van der Waals surface area contributed by atoms with Crippen LogP contribution < -0.4 is 4.89 Å². The lowest BCUT2D eigenvalue weighted by Gasteiger charge is -2.43. The van der Waals surface area contributed by atoms with Gasteiger partial charge in [-0.2, -0.15) is 0 Å². The van der Waals surface area contributed by atoms with Gasteiger partial charge in [0.15, 0.2) is 0 Å². The highest BCUT2D eigenvalue weighted by Crippen LogP contribution is 2.44. The SMILES string of the molecule is O=P([O-])(N(CCCl)CCCl)N(CCCl)CCCl. The van der Waals surface area contributed by atoms with Gasteiger partial charge >= 0.3 is 0 Å². The second kappa shape index (κ2) is 10.1. The Kier molecular flexibility index (Phi) is 10.9. The normalized spacial score (nSPS) is 12.6. The summed E-state index contributed by atoms with van der Waals surface area (Å²) in [7, 11) is -3.90. The summed E-state index contributed by atoms with van der Waals surface area (Å²) in [6.07, 6.45) is 0. The van der Waals surface area contributed by atoms with Crippen molar-refractivity contribution < 1.29 is 9.46 Å². The predicted molar refractivity (Wildman–Crippen MR) is 73.6 cm³/mol. The Morgan fingerprint density at radius 2 is 1.00 bits per heavy atom. The zero-order valence-electron chi connectivity index (χ0n) is 9.33. The van der Waals surface area contributed by atoms with Crippen LogP contribution in [0.2, 0.25) is 0 Å². The van der Waals surface area contributed by atoms with Gasteiger partial charge in [-0.3, -0.25) is 0 Å². The molecule has 0 N–H and O–H groups in total. The van der Waals surface area contributed by atoms with E-state index in [9.17, 15) is 9.46 Å². The predicted octanol–water partition coefficient (Wildman–Crippen LogP) is 2.01. The summed E-state index contributed by atoms with van der Waals surface area (Å²) in [5.41, 5.74) is 0. The molecular weight excluding hydrogens is 329 g/mol. The molecule has 9 heteroatoms. The Hall–Kier alpha value is 1.27. The molecule has 0 heterocycles. The molecule has 0 atom stereocenters. The summed E-state index contributed by atoms with van der Waals surface area (Å²) in [5.74, 6) is 0.884. The van der Waals surface area contributed by atoms with Gasteiger partial charge in [0.2, 0.25) is 0 Å². The molecule has 0 aromatic heterocycles. The van der Waals surface area contributed by atoms with E-state index in [1.165, 1.54) is 9.34 Å². The van der Waals surface area contributed by atoms with Crippen LogP contribution in [-0.2, 0) is 4.57 Å². The molecule has 0 aromatic carbocycles. The summed E-state index contributed by atoms with van der Waals surface area (Å²) >= 11 is 22.3. The van der Waals surface area contributed by atoms with Crippen LogP contribution in [0, 0.1) is 0 Å². The van der Waals surface area contributed by atoms with Crippen LogP contribution in [0.3, 0.4) is 0 Å². The fourth-order valence-electron chi connectivity index (χ4n) is 1.30. The van der Waals surface area contributed by atoms with Crippen molar-refractivity contribution >= 4 is 54.1 Å². The first-order chi connectivity index (χ1) is 8.04. The molecule has 0 aromatic rings. The molecular formula is C8H16Cl4N2O2P-. The van der Waals surface area contributed by atoms with Gasteiger partial charge in [-0.25, -0.2) is 9.34 Å². The van der Waals surface area contributed by atoms with Crippen LogP contribution in [0.15, 0.2) is 0 Å². The first-order valence-corrected chi connectivity index (χ1v) is 8.77. The van der Waals surface area contributed by atoms with Crippen LogP contribution >= 0.6 is 54.1 Å². The van der Waals surface area contributed by atoms with Crippen LogP contribution in [0.5, 0.6) is 0 Å². The molecule has 0 rings (SSSR count). The molecule has 0 amide bonds. The van der Waals surface area contributed by atoms with Gasteiger partial charge in [0.1, 0.15) is 7.67 Å². The third-order valence-corrected chi connectivity index (χ3v) is 4.99. The minimum atomic E-state index is -3.90. The molecule has 4 nitrogen and oxygen atoms in total. The van der Waals surface area contributed by atoms with Crippen molar-refractivity contribution in [1.29, 1.82) is 0 Å². The minimum Gasteiger partial charge on any atom is -0.776 e. The van der Waals surface area contributed by atoms with E-state index in [0.29, 0.717) is 0 Å². The number of rotatable bonds is 10. The molecule has 104 valence electrons. The van der Waals surface area contributed by atoms with E-state index in [1.807, 2.05) is 0 Å². The summed E-state index contributed by atoms with van der Waals surface area (Å²) in [5, 5.41) is 0. The van der Waals surface area contributed by atoms with Crippen molar-refractivity contribution in [3.63, 3.8) is 0 Å². The van der Waals surface area contributed by atoms with Gasteiger partial charge in [0.05, 0.1) is 0 Å². The van der Waals surface area contributed by atoms with E-state index in [1.54, 1.807) is 0 Å². The second-order valence-electron chi connectivity index (χ2n) is 3.15. The number of hydrogen-bond donors (Lipinski definition) is 0. The maximum atomic E-state index is 12.2. The van der Waals surface area contributed by atoms with Gasteiger partial charge in [0, 0.05) is 49.7 Å². The summed E-state index contributed by atoms with van der Waals surface area (Å²) in [6.45, 7) is 0.929. The fourth-order valence-corrected chi connectivity index (χ4v) is 4.35. The van der Waals surface area contributed by atoms with E-state index in [2.05, 4.69) is 0 Å². The number of nitrogens with zero attached hydrogens (tertiary/aromatic N) is 2. The molecule has 0 aliphatic heterocycles. The Labute approximate surface area is 122 Å². The van der Waals surface area contributed by atoms with Gasteiger partial charge in [-0.1, -0.05) is 0 Å². The van der Waals surface area contributed by atoms with Crippen LogP contribution in [-0.4, -0.2) is 59.0 Å². The van der Waals surface area contributed by atoms with Crippen molar-refractivity contribution in [3.05, 3.63) is 0 Å². The topological polar surface area (TPSA) is 46.6 Å². The van der Waals surface area contributed by atoms with Crippen molar-refractivity contribution in [1.82, 2.24) is 9.34 Å². The van der Waals surface area contributed by atoms with E-state index in [0.717, 1.165) is 0 Å². The maximum Gasteiger partial charge on any atom is 0.149 e. The van der Waals surface area contributed by atoms with Crippen molar-refractivity contribution in [3.8, 4) is 0 Å². The molecule has 0 unspecified atom stereocenters. The Morgan fingerprint density at radius 1 is 0.765 bits per heavy atom. The summed E-state index contributed by atoms with van der Waals surface area (Å²) < 4.78 is 14.8. The summed E-state index contributed by atoms with van der Waals surface area (Å²) in [4.78, 5) is 12.2. The van der Waals surface area contributed by atoms with Gasteiger partial charge in [-0.05, 0) is 0 Å². The number of hydrogen-bond acceptors (Lipinski definition) is 2. The van der Waals surface area contributed by atoms with Crippen LogP contribution in [0.4, 0.5) is 0 Å². The molecule has 0 radical (unpaired) electrons. The fraction of sp³-hybridized carbons (Fsp3) is 1.00. The lowest BCUT2D eigenvalue weighted by Crippen LogP contribution is -2.41. The third-order valence-electron chi connectivity index (χ3n) is 2.09. The Morgan fingerprint density at radius 3 is 1.18 bits per heavy atom. The summed E-state index contributed by atoms with van der Waals surface area (Å²) in [6, 6.07) is 0. The zero-order chi connectivity index (χ0) is 13.3. The van der Waals surface area contributed by atoms with Crippen molar-refractivity contribution in [2.45, 2.75) is 0 Å². The molecule has 0 saturated carbocycles. The molecule has 0 aliphatic rings. The third kappa shape index (κ3) is 6.31. The first-order valence-electron chi connectivity index (χ1n) is 5.10. The van der Waals surface area contributed by atoms with E-state index < -0.39 is 7.67 Å². The Bertz CT molecular complexity index is 216. The highest BCUT2D eigenvalue weighted by atomic mass is 35.5. The lowest BCUT2D eigenvalue weighted by molar-refractivity contribution is -0.200. The largest absolute Gasteiger partial charge is 0.776 e. The molecule has 0 saturated heterocycles. The smallest absolute Gasteiger partial charge is 0.149 e. The van der Waals surface area contributed by atoms with Gasteiger partial charge in [0.25, 0.3) is 0 Å². The Balaban J connectivity index is 4.78. The monoisotopic (exact) mass is 343 g/mol. The van der Waals surface area contributed by atoms with E-state index >= 15 is 0 Å². The molecule has 0 spiro atoms. The minimum absolute atomic E-state index is 0.221. The van der Waals surface area contributed by atoms with Crippen molar-refractivity contribution in [2.24, 2.45) is 0 Å². The van der Waals surface area contributed by atoms with Gasteiger partial charge < -0.3 is 9.46 Å². The highest BCUT2D eigenvalue weighted by molar-refractivity contribution is 7.51. The molecule has 0 aliphatic carbocycles. The highest BCUT2D eigenvalue weighted by Gasteiger charge is 2.25. The second-order valence-corrected chi connectivity index (χ2v) is 6.78. The molecule has 0 fully saturated rings. The average molecular weight is 345 g/mol. The lowest BCUT2D eigenvalue weighted by atomic mass is 10.6. The van der Waals surface area contributed by atoms with Crippen LogP contribution in [0.1, 0.15) is 0 Å². The molecule has 17 heavy (non-hydrogen) atoms. The van der Waals surface area contributed by atoms with E-state index in [4.69, 9.17) is 46.4 Å². The standard InChI is InChI=1S/C8H17Cl4N2O2P/c9-1-5-13(6-2-10)17(15,16)14(7-3-11)8-4-12/h1-8H2,(H,15,16)/p-1. The van der Waals surface area contributed by atoms with Gasteiger partial charge in [-0.15, -0.1) is 46.4 Å².